The standard InChI is InChI=1S/C15H14ClFN2S/c1-10(11-2-6-13(17)7-3-11)18-15(20)19-14-8-4-12(16)5-9-14/h2-10H,1H3,(H2,18,19,20). The molecule has 0 spiro atoms. The molecule has 1 atom stereocenters. The van der Waals surface area contributed by atoms with Gasteiger partial charge in [-0.2, -0.15) is 0 Å². The van der Waals surface area contributed by atoms with Crippen LogP contribution in [0.2, 0.25) is 5.02 Å². The van der Waals surface area contributed by atoms with E-state index in [0.29, 0.717) is 10.1 Å². The molecule has 0 bridgehead atoms. The van der Waals surface area contributed by atoms with Crippen LogP contribution in [-0.4, -0.2) is 5.11 Å². The fraction of sp³-hybridized carbons (Fsp3) is 0.133. The number of halogens is 2. The molecule has 0 saturated heterocycles. The molecule has 2 nitrogen and oxygen atoms in total. The SMILES string of the molecule is CC(NC(=S)Nc1ccc(Cl)cc1)c1ccc(F)cc1. The molecule has 2 N–H and O–H groups in total. The van der Waals surface area contributed by atoms with Crippen LogP contribution in [0.25, 0.3) is 0 Å². The summed E-state index contributed by atoms with van der Waals surface area (Å²) in [6.07, 6.45) is 0. The fourth-order valence-corrected chi connectivity index (χ4v) is 2.15. The highest BCUT2D eigenvalue weighted by Gasteiger charge is 2.07. The minimum atomic E-state index is -0.247. The lowest BCUT2D eigenvalue weighted by atomic mass is 10.1. The van der Waals surface area contributed by atoms with Gasteiger partial charge in [0.1, 0.15) is 5.82 Å². The molecule has 0 aliphatic heterocycles. The Labute approximate surface area is 128 Å². The molecule has 20 heavy (non-hydrogen) atoms. The molecule has 5 heteroatoms. The van der Waals surface area contributed by atoms with E-state index in [9.17, 15) is 4.39 Å². The Morgan fingerprint density at radius 2 is 1.70 bits per heavy atom. The third-order valence-corrected chi connectivity index (χ3v) is 3.29. The van der Waals surface area contributed by atoms with Crippen molar-refractivity contribution in [3.05, 3.63) is 64.9 Å². The molecular weight excluding hydrogens is 295 g/mol. The van der Waals surface area contributed by atoms with Crippen molar-refractivity contribution in [3.8, 4) is 0 Å². The molecule has 0 radical (unpaired) electrons. The Hall–Kier alpha value is -1.65. The van der Waals surface area contributed by atoms with Gasteiger partial charge in [-0.15, -0.1) is 0 Å². The summed E-state index contributed by atoms with van der Waals surface area (Å²) in [5.74, 6) is -0.247. The second-order valence-corrected chi connectivity index (χ2v) is 5.22. The van der Waals surface area contributed by atoms with Crippen LogP contribution in [0.1, 0.15) is 18.5 Å². The van der Waals surface area contributed by atoms with E-state index in [-0.39, 0.29) is 11.9 Å². The predicted molar refractivity (Wildman–Crippen MR) is 85.6 cm³/mol. The molecule has 104 valence electrons. The number of nitrogens with one attached hydrogen (secondary N) is 2. The van der Waals surface area contributed by atoms with Crippen molar-refractivity contribution < 1.29 is 4.39 Å². The first-order valence-corrected chi connectivity index (χ1v) is 6.92. The minimum absolute atomic E-state index is 0.0112. The van der Waals surface area contributed by atoms with E-state index in [1.807, 2.05) is 19.1 Å². The number of hydrogen-bond donors (Lipinski definition) is 2. The molecule has 0 saturated carbocycles. The van der Waals surface area contributed by atoms with Crippen molar-refractivity contribution in [1.29, 1.82) is 0 Å². The average molecular weight is 309 g/mol. The Kier molecular flexibility index (Phi) is 4.93. The van der Waals surface area contributed by atoms with E-state index < -0.39 is 0 Å². The molecular formula is C15H14ClFN2S. The van der Waals surface area contributed by atoms with E-state index in [2.05, 4.69) is 10.6 Å². The predicted octanol–water partition coefficient (Wildman–Crippen LogP) is 4.53. The molecule has 0 amide bonds. The highest BCUT2D eigenvalue weighted by atomic mass is 35.5. The zero-order valence-corrected chi connectivity index (χ0v) is 12.4. The number of anilines is 1. The largest absolute Gasteiger partial charge is 0.356 e. The van der Waals surface area contributed by atoms with Crippen LogP contribution < -0.4 is 10.6 Å². The second-order valence-electron chi connectivity index (χ2n) is 4.38. The summed E-state index contributed by atoms with van der Waals surface area (Å²) in [5.41, 5.74) is 1.82. The topological polar surface area (TPSA) is 24.1 Å². The fourth-order valence-electron chi connectivity index (χ4n) is 1.73. The molecule has 0 fully saturated rings. The van der Waals surface area contributed by atoms with Crippen molar-refractivity contribution in [1.82, 2.24) is 5.32 Å². The van der Waals surface area contributed by atoms with E-state index in [1.54, 1.807) is 24.3 Å². The quantitative estimate of drug-likeness (QED) is 0.815. The van der Waals surface area contributed by atoms with Crippen molar-refractivity contribution >= 4 is 34.6 Å². The molecule has 0 aliphatic rings. The Morgan fingerprint density at radius 1 is 1.10 bits per heavy atom. The van der Waals surface area contributed by atoms with Crippen LogP contribution >= 0.6 is 23.8 Å². The van der Waals surface area contributed by atoms with Gasteiger partial charge in [0, 0.05) is 10.7 Å². The first-order valence-electron chi connectivity index (χ1n) is 6.13. The highest BCUT2D eigenvalue weighted by Crippen LogP contribution is 2.15. The second kappa shape index (κ2) is 6.68. The number of hydrogen-bond acceptors (Lipinski definition) is 1. The summed E-state index contributed by atoms with van der Waals surface area (Å²) < 4.78 is 12.9. The summed E-state index contributed by atoms with van der Waals surface area (Å²) in [7, 11) is 0. The molecule has 2 aromatic carbocycles. The summed E-state index contributed by atoms with van der Waals surface area (Å²) in [6, 6.07) is 13.6. The highest BCUT2D eigenvalue weighted by molar-refractivity contribution is 7.80. The van der Waals surface area contributed by atoms with Gasteiger partial charge in [0.25, 0.3) is 0 Å². The molecule has 0 aromatic heterocycles. The average Bonchev–Trinajstić information content (AvgIpc) is 2.42. The van der Waals surface area contributed by atoms with Crippen molar-refractivity contribution in [2.24, 2.45) is 0 Å². The van der Waals surface area contributed by atoms with Gasteiger partial charge < -0.3 is 10.6 Å². The molecule has 0 heterocycles. The smallest absolute Gasteiger partial charge is 0.171 e. The molecule has 1 unspecified atom stereocenters. The van der Waals surface area contributed by atoms with Gasteiger partial charge >= 0.3 is 0 Å². The number of rotatable bonds is 3. The Balaban J connectivity index is 1.93. The molecule has 2 rings (SSSR count). The minimum Gasteiger partial charge on any atom is -0.356 e. The van der Waals surface area contributed by atoms with Gasteiger partial charge in [-0.05, 0) is 61.1 Å². The lowest BCUT2D eigenvalue weighted by Gasteiger charge is -2.17. The van der Waals surface area contributed by atoms with Crippen molar-refractivity contribution in [2.75, 3.05) is 5.32 Å². The normalized spacial score (nSPS) is 11.8. The number of thiocarbonyl (C=S) groups is 1. The molecule has 0 aliphatic carbocycles. The van der Waals surface area contributed by atoms with Gasteiger partial charge in [0.2, 0.25) is 0 Å². The van der Waals surface area contributed by atoms with Crippen LogP contribution in [-0.2, 0) is 0 Å². The monoisotopic (exact) mass is 308 g/mol. The maximum atomic E-state index is 12.9. The summed E-state index contributed by atoms with van der Waals surface area (Å²) >= 11 is 11.1. The first kappa shape index (κ1) is 14.8. The van der Waals surface area contributed by atoms with Gasteiger partial charge in [0.15, 0.2) is 5.11 Å². The van der Waals surface area contributed by atoms with E-state index in [4.69, 9.17) is 23.8 Å². The molecule has 2 aromatic rings. The van der Waals surface area contributed by atoms with Crippen LogP contribution in [0.15, 0.2) is 48.5 Å². The maximum Gasteiger partial charge on any atom is 0.171 e. The summed E-state index contributed by atoms with van der Waals surface area (Å²) in [5, 5.41) is 7.39. The Bertz CT molecular complexity index is 584. The first-order chi connectivity index (χ1) is 9.54. The number of benzene rings is 2. The van der Waals surface area contributed by atoms with Crippen molar-refractivity contribution in [2.45, 2.75) is 13.0 Å². The lowest BCUT2D eigenvalue weighted by molar-refractivity contribution is 0.624. The summed E-state index contributed by atoms with van der Waals surface area (Å²) in [4.78, 5) is 0. The Morgan fingerprint density at radius 3 is 2.30 bits per heavy atom. The zero-order valence-electron chi connectivity index (χ0n) is 10.9. The third kappa shape index (κ3) is 4.18. The van der Waals surface area contributed by atoms with Crippen LogP contribution in [0.5, 0.6) is 0 Å². The van der Waals surface area contributed by atoms with Gasteiger partial charge in [-0.1, -0.05) is 23.7 Å². The van der Waals surface area contributed by atoms with Gasteiger partial charge in [-0.3, -0.25) is 0 Å². The van der Waals surface area contributed by atoms with Crippen LogP contribution in [0.4, 0.5) is 10.1 Å². The van der Waals surface area contributed by atoms with E-state index >= 15 is 0 Å². The van der Waals surface area contributed by atoms with Gasteiger partial charge in [-0.25, -0.2) is 4.39 Å². The van der Waals surface area contributed by atoms with E-state index in [0.717, 1.165) is 11.3 Å². The van der Waals surface area contributed by atoms with Crippen LogP contribution in [0.3, 0.4) is 0 Å². The zero-order chi connectivity index (χ0) is 14.5. The van der Waals surface area contributed by atoms with E-state index in [1.165, 1.54) is 12.1 Å². The lowest BCUT2D eigenvalue weighted by Crippen LogP contribution is -2.30. The summed E-state index contributed by atoms with van der Waals surface area (Å²) in [6.45, 7) is 1.96. The van der Waals surface area contributed by atoms with Gasteiger partial charge in [0.05, 0.1) is 6.04 Å². The maximum absolute atomic E-state index is 12.9. The van der Waals surface area contributed by atoms with Crippen molar-refractivity contribution in [3.63, 3.8) is 0 Å². The van der Waals surface area contributed by atoms with Crippen LogP contribution in [0, 0.1) is 5.82 Å². The third-order valence-electron chi connectivity index (χ3n) is 2.82.